The first kappa shape index (κ1) is 14.1. The predicted octanol–water partition coefficient (Wildman–Crippen LogP) is 0.856. The fraction of sp³-hybridized carbons (Fsp3) is 0.846. The largest absolute Gasteiger partial charge is 0.450 e. The molecule has 2 rings (SSSR count). The molecule has 108 valence electrons. The summed E-state index contributed by atoms with van der Waals surface area (Å²) in [5.41, 5.74) is 0. The van der Waals surface area contributed by atoms with Crippen LogP contribution in [0.25, 0.3) is 0 Å². The summed E-state index contributed by atoms with van der Waals surface area (Å²) in [7, 11) is 0. The quantitative estimate of drug-likeness (QED) is 0.746. The fourth-order valence-corrected chi connectivity index (χ4v) is 2.51. The molecular formula is C13H22N2O4. The molecule has 0 aliphatic carbocycles. The third-order valence-electron chi connectivity index (χ3n) is 3.54. The van der Waals surface area contributed by atoms with E-state index in [0.29, 0.717) is 39.4 Å². The van der Waals surface area contributed by atoms with E-state index in [4.69, 9.17) is 9.47 Å². The van der Waals surface area contributed by atoms with Crippen LogP contribution in [0.3, 0.4) is 0 Å². The van der Waals surface area contributed by atoms with Crippen molar-refractivity contribution in [2.75, 3.05) is 39.4 Å². The Bertz CT molecular complexity index is 329. The molecule has 2 aliphatic rings. The van der Waals surface area contributed by atoms with Gasteiger partial charge in [-0.2, -0.15) is 0 Å². The van der Waals surface area contributed by atoms with Crippen molar-refractivity contribution in [2.45, 2.75) is 32.3 Å². The van der Waals surface area contributed by atoms with Gasteiger partial charge in [-0.3, -0.25) is 4.79 Å². The van der Waals surface area contributed by atoms with Crippen molar-refractivity contribution < 1.29 is 19.1 Å². The lowest BCUT2D eigenvalue weighted by Gasteiger charge is -2.23. The number of amides is 2. The molecule has 0 aromatic carbocycles. The molecule has 1 atom stereocenters. The Morgan fingerprint density at radius 1 is 1.16 bits per heavy atom. The van der Waals surface area contributed by atoms with Gasteiger partial charge in [0.05, 0.1) is 6.61 Å². The van der Waals surface area contributed by atoms with Crippen LogP contribution in [0.4, 0.5) is 4.79 Å². The minimum Gasteiger partial charge on any atom is -0.450 e. The second-order valence-electron chi connectivity index (χ2n) is 4.87. The van der Waals surface area contributed by atoms with E-state index in [2.05, 4.69) is 0 Å². The molecule has 2 saturated heterocycles. The zero-order chi connectivity index (χ0) is 13.7. The maximum atomic E-state index is 12.2. The van der Waals surface area contributed by atoms with Crippen LogP contribution in [0.15, 0.2) is 0 Å². The minimum atomic E-state index is -0.283. The average molecular weight is 270 g/mol. The van der Waals surface area contributed by atoms with Crippen molar-refractivity contribution in [1.82, 2.24) is 9.80 Å². The van der Waals surface area contributed by atoms with E-state index in [1.807, 2.05) is 4.90 Å². The van der Waals surface area contributed by atoms with Crippen LogP contribution in [0.5, 0.6) is 0 Å². The Morgan fingerprint density at radius 2 is 1.89 bits per heavy atom. The van der Waals surface area contributed by atoms with Crippen LogP contribution in [-0.2, 0) is 14.3 Å². The van der Waals surface area contributed by atoms with Gasteiger partial charge in [0.15, 0.2) is 0 Å². The minimum absolute atomic E-state index is 0.0724. The van der Waals surface area contributed by atoms with Crippen molar-refractivity contribution in [3.05, 3.63) is 0 Å². The van der Waals surface area contributed by atoms with E-state index >= 15 is 0 Å². The second-order valence-corrected chi connectivity index (χ2v) is 4.87. The summed E-state index contributed by atoms with van der Waals surface area (Å²) in [4.78, 5) is 27.4. The summed E-state index contributed by atoms with van der Waals surface area (Å²) >= 11 is 0. The van der Waals surface area contributed by atoms with Gasteiger partial charge in [0.1, 0.15) is 6.10 Å². The lowest BCUT2D eigenvalue weighted by atomic mass is 10.2. The molecule has 2 heterocycles. The van der Waals surface area contributed by atoms with Gasteiger partial charge in [0.25, 0.3) is 5.91 Å². The summed E-state index contributed by atoms with van der Waals surface area (Å²) in [6, 6.07) is 0. The lowest BCUT2D eigenvalue weighted by molar-refractivity contribution is -0.140. The molecule has 0 radical (unpaired) electrons. The van der Waals surface area contributed by atoms with Crippen molar-refractivity contribution >= 4 is 12.0 Å². The van der Waals surface area contributed by atoms with Crippen molar-refractivity contribution in [3.63, 3.8) is 0 Å². The highest BCUT2D eigenvalue weighted by molar-refractivity contribution is 5.81. The monoisotopic (exact) mass is 270 g/mol. The smallest absolute Gasteiger partial charge is 0.409 e. The van der Waals surface area contributed by atoms with E-state index in [1.54, 1.807) is 11.8 Å². The maximum Gasteiger partial charge on any atom is 0.409 e. The van der Waals surface area contributed by atoms with Gasteiger partial charge in [0.2, 0.25) is 0 Å². The zero-order valence-electron chi connectivity index (χ0n) is 11.5. The number of rotatable bonds is 2. The van der Waals surface area contributed by atoms with Crippen LogP contribution >= 0.6 is 0 Å². The Morgan fingerprint density at radius 3 is 2.58 bits per heavy atom. The number of carbonyl (C=O) groups is 2. The Hall–Kier alpha value is -1.30. The topological polar surface area (TPSA) is 59.1 Å². The van der Waals surface area contributed by atoms with Crippen LogP contribution in [0, 0.1) is 0 Å². The van der Waals surface area contributed by atoms with E-state index in [0.717, 1.165) is 19.3 Å². The van der Waals surface area contributed by atoms with Crippen molar-refractivity contribution in [2.24, 2.45) is 0 Å². The lowest BCUT2D eigenvalue weighted by Crippen LogP contribution is -2.41. The third-order valence-corrected chi connectivity index (χ3v) is 3.54. The molecule has 6 heteroatoms. The molecule has 2 amide bonds. The number of ether oxygens (including phenoxy) is 2. The highest BCUT2D eigenvalue weighted by Gasteiger charge is 2.30. The zero-order valence-corrected chi connectivity index (χ0v) is 11.5. The molecule has 0 saturated carbocycles. The highest BCUT2D eigenvalue weighted by atomic mass is 16.6. The Kier molecular flexibility index (Phi) is 5.01. The molecule has 0 aromatic heterocycles. The summed E-state index contributed by atoms with van der Waals surface area (Å²) in [6.45, 7) is 5.30. The molecule has 19 heavy (non-hydrogen) atoms. The fourth-order valence-electron chi connectivity index (χ4n) is 2.51. The Balaban J connectivity index is 1.85. The van der Waals surface area contributed by atoms with Crippen molar-refractivity contribution in [3.8, 4) is 0 Å². The predicted molar refractivity (Wildman–Crippen MR) is 68.8 cm³/mol. The van der Waals surface area contributed by atoms with Gasteiger partial charge in [0, 0.05) is 32.8 Å². The molecule has 0 aromatic rings. The number of hydrogen-bond donors (Lipinski definition) is 0. The first-order chi connectivity index (χ1) is 9.22. The number of hydrogen-bond acceptors (Lipinski definition) is 4. The maximum absolute atomic E-state index is 12.2. The average Bonchev–Trinajstić information content (AvgIpc) is 2.82. The first-order valence-corrected chi connectivity index (χ1v) is 7.04. The number of nitrogens with zero attached hydrogens (tertiary/aromatic N) is 2. The van der Waals surface area contributed by atoms with E-state index < -0.39 is 0 Å². The highest BCUT2D eigenvalue weighted by Crippen LogP contribution is 2.16. The van der Waals surface area contributed by atoms with Gasteiger partial charge in [-0.05, 0) is 26.2 Å². The van der Waals surface area contributed by atoms with E-state index in [1.165, 1.54) is 0 Å². The molecule has 0 spiro atoms. The number of carbonyl (C=O) groups excluding carboxylic acids is 2. The van der Waals surface area contributed by atoms with Crippen LogP contribution in [-0.4, -0.2) is 67.3 Å². The van der Waals surface area contributed by atoms with Gasteiger partial charge in [-0.1, -0.05) is 0 Å². The summed E-state index contributed by atoms with van der Waals surface area (Å²) < 4.78 is 10.4. The van der Waals surface area contributed by atoms with Gasteiger partial charge in [-0.25, -0.2) is 4.79 Å². The normalized spacial score (nSPS) is 24.2. The molecule has 2 aliphatic heterocycles. The third kappa shape index (κ3) is 3.59. The molecule has 6 nitrogen and oxygen atoms in total. The summed E-state index contributed by atoms with van der Waals surface area (Å²) in [5, 5.41) is 0. The molecule has 0 N–H and O–H groups in total. The standard InChI is InChI=1S/C13H22N2O4/c1-2-18-13(17)15-7-4-6-14(8-9-15)12(16)11-5-3-10-19-11/h11H,2-10H2,1H3. The van der Waals surface area contributed by atoms with Crippen LogP contribution in [0.1, 0.15) is 26.2 Å². The molecule has 0 bridgehead atoms. The summed E-state index contributed by atoms with van der Waals surface area (Å²) in [5.74, 6) is 0.0724. The molecular weight excluding hydrogens is 248 g/mol. The molecule has 1 unspecified atom stereocenters. The Labute approximate surface area is 113 Å². The van der Waals surface area contributed by atoms with Gasteiger partial charge in [-0.15, -0.1) is 0 Å². The van der Waals surface area contributed by atoms with Crippen LogP contribution in [0.2, 0.25) is 0 Å². The first-order valence-electron chi connectivity index (χ1n) is 7.04. The second kappa shape index (κ2) is 6.75. The van der Waals surface area contributed by atoms with Crippen LogP contribution < -0.4 is 0 Å². The van der Waals surface area contributed by atoms with E-state index in [-0.39, 0.29) is 18.1 Å². The molecule has 2 fully saturated rings. The van der Waals surface area contributed by atoms with Gasteiger partial charge < -0.3 is 19.3 Å². The SMILES string of the molecule is CCOC(=O)N1CCCN(C(=O)C2CCCO2)CC1. The summed E-state index contributed by atoms with van der Waals surface area (Å²) in [6.07, 6.45) is 2.01. The van der Waals surface area contributed by atoms with E-state index in [9.17, 15) is 9.59 Å². The van der Waals surface area contributed by atoms with Gasteiger partial charge >= 0.3 is 6.09 Å². The van der Waals surface area contributed by atoms with Crippen molar-refractivity contribution in [1.29, 1.82) is 0 Å².